The Kier molecular flexibility index (Phi) is 2.51. The molecular formula is C11H13BrFNO. The lowest BCUT2D eigenvalue weighted by atomic mass is 10.0. The molecule has 4 heteroatoms. The Morgan fingerprint density at radius 3 is 2.73 bits per heavy atom. The van der Waals surface area contributed by atoms with Crippen LogP contribution in [-0.2, 0) is 6.42 Å². The molecule has 0 unspecified atom stereocenters. The first-order valence-electron chi connectivity index (χ1n) is 4.88. The van der Waals surface area contributed by atoms with Crippen LogP contribution in [-0.4, -0.2) is 10.6 Å². The number of hydrogen-bond donors (Lipinski definition) is 2. The molecule has 0 saturated heterocycles. The number of aromatic hydroxyl groups is 1. The third-order valence-corrected chi connectivity index (χ3v) is 3.87. The number of nitrogens with two attached hydrogens (primary N) is 1. The zero-order valence-corrected chi connectivity index (χ0v) is 10.1. The van der Waals surface area contributed by atoms with E-state index in [-0.39, 0.29) is 11.3 Å². The van der Waals surface area contributed by atoms with E-state index in [0.29, 0.717) is 16.5 Å². The van der Waals surface area contributed by atoms with Crippen molar-refractivity contribution < 1.29 is 9.50 Å². The van der Waals surface area contributed by atoms with E-state index in [4.69, 9.17) is 5.73 Å². The second kappa shape index (κ2) is 3.46. The summed E-state index contributed by atoms with van der Waals surface area (Å²) in [6.45, 7) is 1.82. The molecule has 1 aromatic carbocycles. The van der Waals surface area contributed by atoms with Crippen molar-refractivity contribution in [3.8, 4) is 5.75 Å². The van der Waals surface area contributed by atoms with Gasteiger partial charge in [-0.15, -0.1) is 0 Å². The highest BCUT2D eigenvalue weighted by atomic mass is 79.9. The first kappa shape index (κ1) is 10.9. The zero-order valence-electron chi connectivity index (χ0n) is 8.48. The van der Waals surface area contributed by atoms with Gasteiger partial charge < -0.3 is 10.8 Å². The lowest BCUT2D eigenvalue weighted by Crippen LogP contribution is -2.25. The summed E-state index contributed by atoms with van der Waals surface area (Å²) in [4.78, 5) is 0. The van der Waals surface area contributed by atoms with Gasteiger partial charge in [0, 0.05) is 5.54 Å². The molecule has 1 saturated carbocycles. The predicted octanol–water partition coefficient (Wildman–Crippen LogP) is 2.64. The van der Waals surface area contributed by atoms with Crippen LogP contribution in [0.3, 0.4) is 0 Å². The minimum atomic E-state index is -0.552. The average molecular weight is 274 g/mol. The highest BCUT2D eigenvalue weighted by molar-refractivity contribution is 9.10. The average Bonchev–Trinajstić information content (AvgIpc) is 2.89. The van der Waals surface area contributed by atoms with E-state index in [9.17, 15) is 9.50 Å². The minimum absolute atomic E-state index is 0.243. The summed E-state index contributed by atoms with van der Waals surface area (Å²) in [6, 6.07) is 1.74. The summed E-state index contributed by atoms with van der Waals surface area (Å²) in [5.41, 5.74) is 7.02. The third kappa shape index (κ3) is 2.01. The number of aryl methyl sites for hydroxylation is 1. The van der Waals surface area contributed by atoms with Crippen LogP contribution in [0.15, 0.2) is 10.5 Å². The molecule has 2 nitrogen and oxygen atoms in total. The number of halogens is 2. The van der Waals surface area contributed by atoms with Crippen LogP contribution < -0.4 is 5.73 Å². The van der Waals surface area contributed by atoms with E-state index in [2.05, 4.69) is 15.9 Å². The Morgan fingerprint density at radius 1 is 1.60 bits per heavy atom. The van der Waals surface area contributed by atoms with Gasteiger partial charge in [-0.1, -0.05) is 6.07 Å². The largest absolute Gasteiger partial charge is 0.504 e. The van der Waals surface area contributed by atoms with Crippen LogP contribution in [0.1, 0.15) is 24.0 Å². The molecule has 0 bridgehead atoms. The summed E-state index contributed by atoms with van der Waals surface area (Å²) < 4.78 is 14.1. The van der Waals surface area contributed by atoms with Gasteiger partial charge >= 0.3 is 0 Å². The molecular weight excluding hydrogens is 261 g/mol. The van der Waals surface area contributed by atoms with Crippen LogP contribution >= 0.6 is 15.9 Å². The van der Waals surface area contributed by atoms with E-state index in [0.717, 1.165) is 18.4 Å². The molecule has 82 valence electrons. The van der Waals surface area contributed by atoms with Crippen molar-refractivity contribution in [1.29, 1.82) is 0 Å². The fourth-order valence-electron chi connectivity index (χ4n) is 1.67. The molecule has 0 aliphatic heterocycles. The van der Waals surface area contributed by atoms with Crippen molar-refractivity contribution in [2.75, 3.05) is 0 Å². The molecule has 0 heterocycles. The Morgan fingerprint density at radius 2 is 2.20 bits per heavy atom. The summed E-state index contributed by atoms with van der Waals surface area (Å²) in [5, 5.41) is 9.52. The fraction of sp³-hybridized carbons (Fsp3) is 0.455. The van der Waals surface area contributed by atoms with Gasteiger partial charge in [0.2, 0.25) is 0 Å². The first-order chi connectivity index (χ1) is 6.93. The van der Waals surface area contributed by atoms with Crippen molar-refractivity contribution >= 4 is 15.9 Å². The Bertz CT molecular complexity index is 416. The molecule has 0 atom stereocenters. The summed E-state index contributed by atoms with van der Waals surface area (Å²) in [6.07, 6.45) is 2.37. The molecule has 0 spiro atoms. The summed E-state index contributed by atoms with van der Waals surface area (Å²) in [5.74, 6) is -0.863. The first-order valence-corrected chi connectivity index (χ1v) is 5.67. The fourth-order valence-corrected chi connectivity index (χ4v) is 1.96. The van der Waals surface area contributed by atoms with Crippen LogP contribution in [0.25, 0.3) is 0 Å². The number of phenols is 1. The maximum absolute atomic E-state index is 13.7. The molecule has 0 radical (unpaired) electrons. The standard InChI is InChI=1S/C11H13BrFNO/c1-6-4-7(5-11(14)2-3-11)9(13)10(15)8(6)12/h4,15H,2-3,5,14H2,1H3. The minimum Gasteiger partial charge on any atom is -0.504 e. The van der Waals surface area contributed by atoms with E-state index in [1.54, 1.807) is 6.07 Å². The lowest BCUT2D eigenvalue weighted by molar-refractivity contribution is 0.422. The van der Waals surface area contributed by atoms with Crippen LogP contribution in [0, 0.1) is 12.7 Å². The van der Waals surface area contributed by atoms with Gasteiger partial charge in [0.1, 0.15) is 0 Å². The predicted molar refractivity (Wildman–Crippen MR) is 60.4 cm³/mol. The number of benzene rings is 1. The molecule has 0 amide bonds. The van der Waals surface area contributed by atoms with E-state index < -0.39 is 5.82 Å². The van der Waals surface area contributed by atoms with Gasteiger partial charge in [-0.2, -0.15) is 0 Å². The maximum atomic E-state index is 13.7. The highest BCUT2D eigenvalue weighted by Crippen LogP contribution is 2.39. The lowest BCUT2D eigenvalue weighted by Gasteiger charge is -2.12. The van der Waals surface area contributed by atoms with E-state index >= 15 is 0 Å². The molecule has 0 aromatic heterocycles. The Hall–Kier alpha value is -0.610. The van der Waals surface area contributed by atoms with Gasteiger partial charge in [0.15, 0.2) is 11.6 Å². The summed E-state index contributed by atoms with van der Waals surface area (Å²) in [7, 11) is 0. The maximum Gasteiger partial charge on any atom is 0.169 e. The highest BCUT2D eigenvalue weighted by Gasteiger charge is 2.39. The van der Waals surface area contributed by atoms with Gasteiger partial charge in [0.05, 0.1) is 4.47 Å². The number of phenolic OH excluding ortho intramolecular Hbond substituents is 1. The van der Waals surface area contributed by atoms with Crippen LogP contribution in [0.4, 0.5) is 4.39 Å². The Labute approximate surface area is 96.4 Å². The molecule has 2 rings (SSSR count). The molecule has 1 aromatic rings. The van der Waals surface area contributed by atoms with Crippen molar-refractivity contribution in [1.82, 2.24) is 0 Å². The molecule has 15 heavy (non-hydrogen) atoms. The van der Waals surface area contributed by atoms with Crippen molar-refractivity contribution in [3.05, 3.63) is 27.5 Å². The van der Waals surface area contributed by atoms with Crippen molar-refractivity contribution in [2.24, 2.45) is 5.73 Å². The van der Waals surface area contributed by atoms with Crippen molar-refractivity contribution in [2.45, 2.75) is 31.7 Å². The van der Waals surface area contributed by atoms with Gasteiger partial charge in [-0.05, 0) is 53.2 Å². The van der Waals surface area contributed by atoms with Crippen LogP contribution in [0.5, 0.6) is 5.75 Å². The smallest absolute Gasteiger partial charge is 0.169 e. The topological polar surface area (TPSA) is 46.2 Å². The van der Waals surface area contributed by atoms with E-state index in [1.165, 1.54) is 0 Å². The Balaban J connectivity index is 2.39. The monoisotopic (exact) mass is 273 g/mol. The second-order valence-corrected chi connectivity index (χ2v) is 5.16. The SMILES string of the molecule is Cc1cc(CC2(N)CC2)c(F)c(O)c1Br. The summed E-state index contributed by atoms with van der Waals surface area (Å²) >= 11 is 3.14. The molecule has 1 aliphatic rings. The van der Waals surface area contributed by atoms with Crippen molar-refractivity contribution in [3.63, 3.8) is 0 Å². The van der Waals surface area contributed by atoms with Crippen LogP contribution in [0.2, 0.25) is 0 Å². The van der Waals surface area contributed by atoms with Gasteiger partial charge in [-0.25, -0.2) is 4.39 Å². The molecule has 1 fully saturated rings. The third-order valence-electron chi connectivity index (χ3n) is 2.87. The van der Waals surface area contributed by atoms with E-state index in [1.807, 2.05) is 6.92 Å². The quantitative estimate of drug-likeness (QED) is 0.870. The zero-order chi connectivity index (χ0) is 11.2. The van der Waals surface area contributed by atoms with Gasteiger partial charge in [-0.3, -0.25) is 0 Å². The molecule has 1 aliphatic carbocycles. The molecule has 3 N–H and O–H groups in total. The number of hydrogen-bond acceptors (Lipinski definition) is 2. The van der Waals surface area contributed by atoms with Gasteiger partial charge in [0.25, 0.3) is 0 Å². The second-order valence-electron chi connectivity index (χ2n) is 4.37. The number of rotatable bonds is 2. The normalized spacial score (nSPS) is 17.9.